The Kier molecular flexibility index (Phi) is 5.71. The molecule has 0 aromatic heterocycles. The second-order valence-electron chi connectivity index (χ2n) is 6.83. The zero-order chi connectivity index (χ0) is 18.5. The topological polar surface area (TPSA) is 46.6 Å². The van der Waals surface area contributed by atoms with Crippen LogP contribution in [0.4, 0.5) is 0 Å². The van der Waals surface area contributed by atoms with E-state index in [4.69, 9.17) is 4.74 Å². The molecular formula is C22H25NO3. The van der Waals surface area contributed by atoms with Gasteiger partial charge < -0.3 is 9.64 Å². The first kappa shape index (κ1) is 18.2. The summed E-state index contributed by atoms with van der Waals surface area (Å²) in [7, 11) is 0. The molecule has 1 aliphatic heterocycles. The van der Waals surface area contributed by atoms with Crippen molar-refractivity contribution in [3.63, 3.8) is 0 Å². The number of benzene rings is 2. The highest BCUT2D eigenvalue weighted by Gasteiger charge is 2.31. The number of nitrogens with zero attached hydrogens (tertiary/aromatic N) is 1. The molecule has 136 valence electrons. The highest BCUT2D eigenvalue weighted by atomic mass is 16.5. The van der Waals surface area contributed by atoms with Crippen LogP contribution < -0.4 is 0 Å². The van der Waals surface area contributed by atoms with Crippen LogP contribution in [0.3, 0.4) is 0 Å². The number of carbonyl (C=O) groups is 2. The Balaban J connectivity index is 1.87. The summed E-state index contributed by atoms with van der Waals surface area (Å²) in [6.45, 7) is 5.31. The number of amides is 1. The largest absolute Gasteiger partial charge is 0.444 e. The minimum absolute atomic E-state index is 0.130. The third-order valence-corrected chi connectivity index (χ3v) is 5.04. The Morgan fingerprint density at radius 2 is 1.62 bits per heavy atom. The molecule has 1 atom stereocenters. The first-order valence-corrected chi connectivity index (χ1v) is 9.19. The molecule has 0 radical (unpaired) electrons. The van der Waals surface area contributed by atoms with Gasteiger partial charge in [0.05, 0.1) is 5.56 Å². The summed E-state index contributed by atoms with van der Waals surface area (Å²) < 4.78 is 5.74. The molecule has 0 spiro atoms. The Bertz CT molecular complexity index is 779. The highest BCUT2D eigenvalue weighted by molar-refractivity contribution is 5.94. The summed E-state index contributed by atoms with van der Waals surface area (Å²) in [6.07, 6.45) is 2.24. The molecule has 2 aromatic carbocycles. The van der Waals surface area contributed by atoms with Crippen molar-refractivity contribution in [1.82, 2.24) is 4.90 Å². The Morgan fingerprint density at radius 3 is 2.31 bits per heavy atom. The predicted octanol–water partition coefficient (Wildman–Crippen LogP) is 4.21. The van der Waals surface area contributed by atoms with E-state index in [0.29, 0.717) is 11.1 Å². The summed E-state index contributed by atoms with van der Waals surface area (Å²) >= 11 is 0. The van der Waals surface area contributed by atoms with E-state index in [1.54, 1.807) is 6.07 Å². The number of carbonyl (C=O) groups excluding carboxylic acids is 2. The lowest BCUT2D eigenvalue weighted by atomic mass is 10.0. The quantitative estimate of drug-likeness (QED) is 0.775. The molecule has 0 saturated carbocycles. The lowest BCUT2D eigenvalue weighted by Gasteiger charge is -2.30. The number of ether oxygens (including phenoxy) is 1. The summed E-state index contributed by atoms with van der Waals surface area (Å²) in [6, 6.07) is 14.8. The van der Waals surface area contributed by atoms with Crippen LogP contribution in [0.2, 0.25) is 0 Å². The predicted molar refractivity (Wildman–Crippen MR) is 101 cm³/mol. The van der Waals surface area contributed by atoms with Crippen LogP contribution in [0.15, 0.2) is 48.5 Å². The molecule has 0 N–H and O–H groups in total. The number of hydrogen-bond donors (Lipinski definition) is 0. The third kappa shape index (κ3) is 3.96. The SMILES string of the molecule is Cc1cccc(C(=O)O[C@@H](C(=O)N2CCCCC2)c2ccccc2)c1C. The molecule has 26 heavy (non-hydrogen) atoms. The van der Waals surface area contributed by atoms with E-state index in [9.17, 15) is 9.59 Å². The summed E-state index contributed by atoms with van der Waals surface area (Å²) in [4.78, 5) is 27.7. The van der Waals surface area contributed by atoms with E-state index in [-0.39, 0.29) is 5.91 Å². The van der Waals surface area contributed by atoms with Crippen molar-refractivity contribution in [2.75, 3.05) is 13.1 Å². The smallest absolute Gasteiger partial charge is 0.339 e. The Labute approximate surface area is 154 Å². The fourth-order valence-electron chi connectivity index (χ4n) is 3.31. The van der Waals surface area contributed by atoms with E-state index in [2.05, 4.69) is 0 Å². The molecule has 0 aliphatic carbocycles. The molecule has 4 nitrogen and oxygen atoms in total. The molecule has 4 heteroatoms. The molecule has 1 fully saturated rings. The van der Waals surface area contributed by atoms with Crippen molar-refractivity contribution in [3.8, 4) is 0 Å². The number of rotatable bonds is 4. The first-order chi connectivity index (χ1) is 12.6. The van der Waals surface area contributed by atoms with E-state index in [0.717, 1.165) is 43.5 Å². The van der Waals surface area contributed by atoms with Crippen LogP contribution in [-0.4, -0.2) is 29.9 Å². The van der Waals surface area contributed by atoms with E-state index in [1.165, 1.54) is 0 Å². The van der Waals surface area contributed by atoms with Crippen LogP contribution in [0.5, 0.6) is 0 Å². The molecular weight excluding hydrogens is 326 g/mol. The number of hydrogen-bond acceptors (Lipinski definition) is 3. The highest BCUT2D eigenvalue weighted by Crippen LogP contribution is 2.25. The minimum atomic E-state index is -0.901. The molecule has 1 saturated heterocycles. The van der Waals surface area contributed by atoms with Crippen molar-refractivity contribution >= 4 is 11.9 Å². The molecule has 1 heterocycles. The van der Waals surface area contributed by atoms with Gasteiger partial charge in [-0.15, -0.1) is 0 Å². The zero-order valence-electron chi connectivity index (χ0n) is 15.4. The van der Waals surface area contributed by atoms with Crippen molar-refractivity contribution in [1.29, 1.82) is 0 Å². The average molecular weight is 351 g/mol. The van der Waals surface area contributed by atoms with Gasteiger partial charge in [0.1, 0.15) is 0 Å². The van der Waals surface area contributed by atoms with Crippen molar-refractivity contribution in [3.05, 3.63) is 70.8 Å². The fraction of sp³-hybridized carbons (Fsp3) is 0.364. The van der Waals surface area contributed by atoms with E-state index >= 15 is 0 Å². The van der Waals surface area contributed by atoms with Gasteiger partial charge in [-0.25, -0.2) is 4.79 Å². The molecule has 0 unspecified atom stereocenters. The van der Waals surface area contributed by atoms with Gasteiger partial charge in [-0.2, -0.15) is 0 Å². The molecule has 1 amide bonds. The Morgan fingerprint density at radius 1 is 0.923 bits per heavy atom. The van der Waals surface area contributed by atoms with E-state index in [1.807, 2.05) is 61.2 Å². The minimum Gasteiger partial charge on any atom is -0.444 e. The first-order valence-electron chi connectivity index (χ1n) is 9.19. The molecule has 2 aromatic rings. The summed E-state index contributed by atoms with van der Waals surface area (Å²) in [5, 5.41) is 0. The van der Waals surface area contributed by atoms with Crippen LogP contribution in [0.1, 0.15) is 52.4 Å². The normalized spacial score (nSPS) is 15.4. The summed E-state index contributed by atoms with van der Waals surface area (Å²) in [5.74, 6) is -0.583. The maximum atomic E-state index is 13.1. The average Bonchev–Trinajstić information content (AvgIpc) is 2.69. The van der Waals surface area contributed by atoms with Crippen LogP contribution in [0.25, 0.3) is 0 Å². The maximum Gasteiger partial charge on any atom is 0.339 e. The third-order valence-electron chi connectivity index (χ3n) is 5.04. The number of esters is 1. The zero-order valence-corrected chi connectivity index (χ0v) is 15.4. The van der Waals surface area contributed by atoms with Gasteiger partial charge in [0.25, 0.3) is 5.91 Å². The standard InChI is InChI=1S/C22H25NO3/c1-16-10-9-13-19(17(16)2)22(25)26-20(18-11-5-3-6-12-18)21(24)23-14-7-4-8-15-23/h3,5-6,9-13,20H,4,7-8,14-15H2,1-2H3/t20-/m1/s1. The van der Waals surface area contributed by atoms with Crippen LogP contribution >= 0.6 is 0 Å². The van der Waals surface area contributed by atoms with Crippen LogP contribution in [-0.2, 0) is 9.53 Å². The number of aryl methyl sites for hydroxylation is 1. The number of likely N-dealkylation sites (tertiary alicyclic amines) is 1. The van der Waals surface area contributed by atoms with Gasteiger partial charge in [-0.3, -0.25) is 4.79 Å². The Hall–Kier alpha value is -2.62. The number of piperidine rings is 1. The van der Waals surface area contributed by atoms with Gasteiger partial charge in [-0.1, -0.05) is 42.5 Å². The van der Waals surface area contributed by atoms with Crippen molar-refractivity contribution < 1.29 is 14.3 Å². The second kappa shape index (κ2) is 8.17. The van der Waals surface area contributed by atoms with Crippen LogP contribution in [0, 0.1) is 13.8 Å². The lowest BCUT2D eigenvalue weighted by Crippen LogP contribution is -2.40. The van der Waals surface area contributed by atoms with Gasteiger partial charge >= 0.3 is 5.97 Å². The van der Waals surface area contributed by atoms with Gasteiger partial charge in [0, 0.05) is 18.7 Å². The lowest BCUT2D eigenvalue weighted by molar-refractivity contribution is -0.142. The van der Waals surface area contributed by atoms with E-state index < -0.39 is 12.1 Å². The summed E-state index contributed by atoms with van der Waals surface area (Å²) in [5.41, 5.74) is 3.13. The molecule has 3 rings (SSSR count). The van der Waals surface area contributed by atoms with Gasteiger partial charge in [-0.05, 0) is 50.3 Å². The molecule has 1 aliphatic rings. The second-order valence-corrected chi connectivity index (χ2v) is 6.83. The van der Waals surface area contributed by atoms with Crippen molar-refractivity contribution in [2.24, 2.45) is 0 Å². The van der Waals surface area contributed by atoms with Crippen molar-refractivity contribution in [2.45, 2.75) is 39.2 Å². The fourth-order valence-corrected chi connectivity index (χ4v) is 3.31. The monoisotopic (exact) mass is 351 g/mol. The molecule has 0 bridgehead atoms. The van der Waals surface area contributed by atoms with Gasteiger partial charge in [0.15, 0.2) is 0 Å². The van der Waals surface area contributed by atoms with Gasteiger partial charge in [0.2, 0.25) is 6.10 Å². The maximum absolute atomic E-state index is 13.1.